The Labute approximate surface area is 282 Å². The van der Waals surface area contributed by atoms with Crippen molar-refractivity contribution >= 4 is 27.8 Å². The molecule has 1 aliphatic carbocycles. The van der Waals surface area contributed by atoms with Crippen LogP contribution in [0.2, 0.25) is 0 Å². The van der Waals surface area contributed by atoms with E-state index in [1.165, 1.54) is 55.3 Å². The Hall–Kier alpha value is -6.18. The van der Waals surface area contributed by atoms with Crippen LogP contribution in [0.5, 0.6) is 0 Å². The number of hydrogen-bond acceptors (Lipinski definition) is 1. The monoisotopic (exact) mass is 611 g/mol. The molecule has 0 N–H and O–H groups in total. The standard InChI is InChI=1S/C47H33N/c1-4-20-36(21-5-1)47(37-22-6-2-7-23-37)43-30-13-12-28-42(43)46-44(47)31-16-32-45(46)48(38-24-8-3-9-25-38)39-26-14-19-35(33-39)41-29-15-18-34-17-10-11-27-40(34)41/h1-33H. The Morgan fingerprint density at radius 3 is 1.69 bits per heavy atom. The quantitative estimate of drug-likeness (QED) is 0.181. The highest BCUT2D eigenvalue weighted by Crippen LogP contribution is 2.59. The van der Waals surface area contributed by atoms with E-state index in [-0.39, 0.29) is 0 Å². The van der Waals surface area contributed by atoms with Gasteiger partial charge < -0.3 is 4.90 Å². The number of para-hydroxylation sites is 1. The van der Waals surface area contributed by atoms with Crippen molar-refractivity contribution in [3.63, 3.8) is 0 Å². The molecule has 48 heavy (non-hydrogen) atoms. The van der Waals surface area contributed by atoms with Gasteiger partial charge in [0, 0.05) is 16.9 Å². The summed E-state index contributed by atoms with van der Waals surface area (Å²) in [5, 5.41) is 2.50. The summed E-state index contributed by atoms with van der Waals surface area (Å²) in [6.07, 6.45) is 0. The molecule has 0 unspecified atom stereocenters. The first-order chi connectivity index (χ1) is 23.8. The minimum Gasteiger partial charge on any atom is -0.310 e. The minimum absolute atomic E-state index is 0.461. The van der Waals surface area contributed by atoms with Crippen molar-refractivity contribution in [3.05, 3.63) is 222 Å². The van der Waals surface area contributed by atoms with Crippen molar-refractivity contribution in [2.24, 2.45) is 0 Å². The maximum Gasteiger partial charge on any atom is 0.0714 e. The lowest BCUT2D eigenvalue weighted by Crippen LogP contribution is -2.28. The van der Waals surface area contributed by atoms with Crippen LogP contribution in [0.1, 0.15) is 22.3 Å². The third-order valence-electron chi connectivity index (χ3n) is 9.92. The summed E-state index contributed by atoms with van der Waals surface area (Å²) in [6, 6.07) is 72.9. The molecule has 1 nitrogen and oxygen atoms in total. The van der Waals surface area contributed by atoms with Crippen molar-refractivity contribution in [3.8, 4) is 22.3 Å². The van der Waals surface area contributed by atoms with E-state index in [0.717, 1.165) is 17.1 Å². The van der Waals surface area contributed by atoms with E-state index in [4.69, 9.17) is 0 Å². The highest BCUT2D eigenvalue weighted by atomic mass is 15.1. The first kappa shape index (κ1) is 28.1. The summed E-state index contributed by atoms with van der Waals surface area (Å²) in [6.45, 7) is 0. The molecule has 0 radical (unpaired) electrons. The number of anilines is 3. The van der Waals surface area contributed by atoms with E-state index in [0.29, 0.717) is 0 Å². The molecule has 0 atom stereocenters. The Morgan fingerprint density at radius 1 is 0.375 bits per heavy atom. The van der Waals surface area contributed by atoms with E-state index >= 15 is 0 Å². The zero-order valence-corrected chi connectivity index (χ0v) is 26.5. The Morgan fingerprint density at radius 2 is 0.917 bits per heavy atom. The summed E-state index contributed by atoms with van der Waals surface area (Å²) in [4.78, 5) is 2.44. The summed E-state index contributed by atoms with van der Waals surface area (Å²) >= 11 is 0. The maximum absolute atomic E-state index is 2.44. The summed E-state index contributed by atoms with van der Waals surface area (Å²) in [5.74, 6) is 0. The van der Waals surface area contributed by atoms with Gasteiger partial charge in [-0.3, -0.25) is 0 Å². The smallest absolute Gasteiger partial charge is 0.0714 e. The van der Waals surface area contributed by atoms with Gasteiger partial charge in [0.05, 0.1) is 11.1 Å². The average molecular weight is 612 g/mol. The van der Waals surface area contributed by atoms with Gasteiger partial charge in [0.1, 0.15) is 0 Å². The van der Waals surface area contributed by atoms with Crippen molar-refractivity contribution in [2.75, 3.05) is 4.90 Å². The van der Waals surface area contributed by atoms with Gasteiger partial charge in [-0.1, -0.05) is 170 Å². The summed E-state index contributed by atoms with van der Waals surface area (Å²) in [5.41, 5.74) is 13.0. The second-order valence-electron chi connectivity index (χ2n) is 12.5. The first-order valence-corrected chi connectivity index (χ1v) is 16.6. The normalized spacial score (nSPS) is 12.8. The molecular weight excluding hydrogens is 579 g/mol. The van der Waals surface area contributed by atoms with Gasteiger partial charge in [-0.2, -0.15) is 0 Å². The van der Waals surface area contributed by atoms with Crippen LogP contribution in [0.4, 0.5) is 17.1 Å². The lowest BCUT2D eigenvalue weighted by atomic mass is 9.68. The minimum atomic E-state index is -0.461. The molecule has 1 heteroatoms. The molecule has 0 bridgehead atoms. The van der Waals surface area contributed by atoms with E-state index in [9.17, 15) is 0 Å². The molecule has 0 saturated carbocycles. The van der Waals surface area contributed by atoms with Gasteiger partial charge in [-0.15, -0.1) is 0 Å². The number of nitrogens with zero attached hydrogens (tertiary/aromatic N) is 1. The molecule has 0 spiro atoms. The third kappa shape index (κ3) is 4.32. The molecule has 1 aliphatic rings. The molecule has 0 amide bonds. The van der Waals surface area contributed by atoms with Crippen LogP contribution in [0.25, 0.3) is 33.0 Å². The van der Waals surface area contributed by atoms with Gasteiger partial charge >= 0.3 is 0 Å². The highest BCUT2D eigenvalue weighted by Gasteiger charge is 2.47. The molecule has 0 saturated heterocycles. The second-order valence-corrected chi connectivity index (χ2v) is 12.5. The van der Waals surface area contributed by atoms with Crippen LogP contribution in [0, 0.1) is 0 Å². The molecule has 0 fully saturated rings. The summed E-state index contributed by atoms with van der Waals surface area (Å²) in [7, 11) is 0. The fourth-order valence-corrected chi connectivity index (χ4v) is 7.95. The topological polar surface area (TPSA) is 3.24 Å². The van der Waals surface area contributed by atoms with Crippen LogP contribution in [0.3, 0.4) is 0 Å². The maximum atomic E-state index is 2.44. The largest absolute Gasteiger partial charge is 0.310 e. The predicted molar refractivity (Wildman–Crippen MR) is 201 cm³/mol. The summed E-state index contributed by atoms with van der Waals surface area (Å²) < 4.78 is 0. The molecule has 8 aromatic rings. The van der Waals surface area contributed by atoms with E-state index in [1.807, 2.05) is 0 Å². The van der Waals surface area contributed by atoms with Gasteiger partial charge in [-0.05, 0) is 80.0 Å². The van der Waals surface area contributed by atoms with Crippen molar-refractivity contribution in [2.45, 2.75) is 5.41 Å². The highest BCUT2D eigenvalue weighted by molar-refractivity contribution is 6.00. The van der Waals surface area contributed by atoms with Gasteiger partial charge in [-0.25, -0.2) is 0 Å². The molecule has 9 rings (SSSR count). The van der Waals surface area contributed by atoms with Crippen LogP contribution in [-0.2, 0) is 5.41 Å². The first-order valence-electron chi connectivity index (χ1n) is 16.6. The lowest BCUT2D eigenvalue weighted by molar-refractivity contribution is 0.768. The zero-order valence-electron chi connectivity index (χ0n) is 26.5. The number of benzene rings is 8. The molecular formula is C47H33N. The molecule has 0 aromatic heterocycles. The molecule has 0 aliphatic heterocycles. The SMILES string of the molecule is c1ccc(N(c2cccc(-c3cccc4ccccc34)c2)c2cccc3c2-c2ccccc2C3(c2ccccc2)c2ccccc2)cc1. The van der Waals surface area contributed by atoms with Crippen LogP contribution >= 0.6 is 0 Å². The Kier molecular flexibility index (Phi) is 6.76. The molecule has 226 valence electrons. The molecule has 8 aromatic carbocycles. The van der Waals surface area contributed by atoms with Gasteiger partial charge in [0.15, 0.2) is 0 Å². The number of fused-ring (bicyclic) bond motifs is 4. The van der Waals surface area contributed by atoms with E-state index < -0.39 is 5.41 Å². The Bertz CT molecular complexity index is 2350. The lowest BCUT2D eigenvalue weighted by Gasteiger charge is -2.34. The zero-order chi connectivity index (χ0) is 31.9. The number of hydrogen-bond donors (Lipinski definition) is 0. The van der Waals surface area contributed by atoms with Crippen LogP contribution in [-0.4, -0.2) is 0 Å². The Balaban J connectivity index is 1.33. The second kappa shape index (κ2) is 11.6. The van der Waals surface area contributed by atoms with Gasteiger partial charge in [0.25, 0.3) is 0 Å². The predicted octanol–water partition coefficient (Wildman–Crippen LogP) is 12.3. The van der Waals surface area contributed by atoms with Crippen LogP contribution < -0.4 is 4.90 Å². The van der Waals surface area contributed by atoms with E-state index in [2.05, 4.69) is 205 Å². The van der Waals surface area contributed by atoms with Crippen molar-refractivity contribution in [1.82, 2.24) is 0 Å². The van der Waals surface area contributed by atoms with Crippen molar-refractivity contribution < 1.29 is 0 Å². The average Bonchev–Trinajstić information content (AvgIpc) is 3.48. The van der Waals surface area contributed by atoms with Crippen LogP contribution in [0.15, 0.2) is 200 Å². The van der Waals surface area contributed by atoms with Crippen molar-refractivity contribution in [1.29, 1.82) is 0 Å². The molecule has 0 heterocycles. The fourth-order valence-electron chi connectivity index (χ4n) is 7.95. The fraction of sp³-hybridized carbons (Fsp3) is 0.0213. The number of rotatable bonds is 6. The van der Waals surface area contributed by atoms with Gasteiger partial charge in [0.2, 0.25) is 0 Å². The van der Waals surface area contributed by atoms with E-state index in [1.54, 1.807) is 0 Å². The third-order valence-corrected chi connectivity index (χ3v) is 9.92.